The summed E-state index contributed by atoms with van der Waals surface area (Å²) in [6.45, 7) is 5.60. The van der Waals surface area contributed by atoms with Crippen LogP contribution in [-0.4, -0.2) is 21.0 Å². The van der Waals surface area contributed by atoms with Gasteiger partial charge < -0.3 is 9.73 Å². The van der Waals surface area contributed by atoms with Crippen molar-refractivity contribution >= 4 is 26.0 Å². The average molecular weight is 379 g/mol. The molecule has 7 heteroatoms. The first-order valence-electron chi connectivity index (χ1n) is 7.49. The first-order chi connectivity index (χ1) is 9.97. The maximum absolute atomic E-state index is 12.4. The van der Waals surface area contributed by atoms with E-state index in [0.717, 1.165) is 32.2 Å². The van der Waals surface area contributed by atoms with E-state index in [0.29, 0.717) is 18.2 Å². The summed E-state index contributed by atoms with van der Waals surface area (Å²) in [6.07, 6.45) is 4.13. The molecule has 5 nitrogen and oxygen atoms in total. The predicted octanol–water partition coefficient (Wildman–Crippen LogP) is 3.01. The second-order valence-corrected chi connectivity index (χ2v) is 7.94. The minimum Gasteiger partial charge on any atom is -0.452 e. The Hall–Kier alpha value is -0.370. The van der Waals surface area contributed by atoms with Gasteiger partial charge in [-0.1, -0.05) is 20.3 Å². The fourth-order valence-electron chi connectivity index (χ4n) is 2.40. The molecule has 0 amide bonds. The molecule has 2 N–H and O–H groups in total. The number of hydrogen-bond donors (Lipinski definition) is 2. The average Bonchev–Trinajstić information content (AvgIpc) is 2.99. The summed E-state index contributed by atoms with van der Waals surface area (Å²) in [5, 5.41) is 3.19. The monoisotopic (exact) mass is 378 g/mol. The van der Waals surface area contributed by atoms with Gasteiger partial charge in [0, 0.05) is 12.1 Å². The van der Waals surface area contributed by atoms with E-state index in [1.807, 2.05) is 0 Å². The Morgan fingerprint density at radius 1 is 1.38 bits per heavy atom. The highest BCUT2D eigenvalue weighted by molar-refractivity contribution is 9.10. The van der Waals surface area contributed by atoms with E-state index in [-0.39, 0.29) is 15.6 Å². The Balaban J connectivity index is 1.99. The Bertz CT molecular complexity index is 571. The van der Waals surface area contributed by atoms with Gasteiger partial charge in [-0.2, -0.15) is 0 Å². The lowest BCUT2D eigenvalue weighted by Gasteiger charge is -2.04. The normalized spacial score (nSPS) is 21.7. The molecule has 0 saturated heterocycles. The molecule has 0 bridgehead atoms. The Kier molecular flexibility index (Phi) is 5.88. The van der Waals surface area contributed by atoms with Gasteiger partial charge in [-0.05, 0) is 47.7 Å². The highest BCUT2D eigenvalue weighted by Crippen LogP contribution is 2.36. The first kappa shape index (κ1) is 17.0. The Labute approximate surface area is 135 Å². The van der Waals surface area contributed by atoms with Crippen LogP contribution < -0.4 is 10.0 Å². The molecule has 1 aliphatic rings. The van der Waals surface area contributed by atoms with Gasteiger partial charge in [-0.15, -0.1) is 0 Å². The molecular weight excluding hydrogens is 356 g/mol. The number of halogens is 1. The van der Waals surface area contributed by atoms with Crippen molar-refractivity contribution in [2.24, 2.45) is 5.92 Å². The Morgan fingerprint density at radius 3 is 2.81 bits per heavy atom. The molecule has 2 atom stereocenters. The lowest BCUT2D eigenvalue weighted by molar-refractivity contribution is 0.461. The summed E-state index contributed by atoms with van der Waals surface area (Å²) in [5.74, 6) is 1.11. The molecule has 1 aliphatic carbocycles. The molecule has 120 valence electrons. The summed E-state index contributed by atoms with van der Waals surface area (Å²) < 4.78 is 33.2. The van der Waals surface area contributed by atoms with Crippen LogP contribution in [0.15, 0.2) is 20.0 Å². The second kappa shape index (κ2) is 7.26. The fourth-order valence-corrected chi connectivity index (χ4v) is 4.72. The fraction of sp³-hybridized carbons (Fsp3) is 0.714. The third kappa shape index (κ3) is 4.55. The van der Waals surface area contributed by atoms with Crippen molar-refractivity contribution < 1.29 is 12.8 Å². The van der Waals surface area contributed by atoms with Crippen molar-refractivity contribution in [1.29, 1.82) is 0 Å². The number of sulfonamides is 1. The van der Waals surface area contributed by atoms with Crippen LogP contribution in [0.5, 0.6) is 0 Å². The second-order valence-electron chi connectivity index (χ2n) is 5.54. The van der Waals surface area contributed by atoms with Crippen molar-refractivity contribution in [2.45, 2.75) is 57.0 Å². The number of rotatable bonds is 9. The van der Waals surface area contributed by atoms with E-state index < -0.39 is 10.0 Å². The molecule has 21 heavy (non-hydrogen) atoms. The van der Waals surface area contributed by atoms with Gasteiger partial charge in [-0.3, -0.25) is 0 Å². The molecule has 0 aromatic carbocycles. The zero-order valence-corrected chi connectivity index (χ0v) is 14.9. The molecule has 1 heterocycles. The van der Waals surface area contributed by atoms with Crippen LogP contribution >= 0.6 is 15.9 Å². The molecule has 1 aromatic heterocycles. The van der Waals surface area contributed by atoms with Crippen molar-refractivity contribution in [2.75, 3.05) is 6.54 Å². The zero-order valence-electron chi connectivity index (χ0n) is 12.5. The highest BCUT2D eigenvalue weighted by atomic mass is 79.9. The van der Waals surface area contributed by atoms with E-state index >= 15 is 0 Å². The molecule has 1 fully saturated rings. The maximum atomic E-state index is 12.4. The summed E-state index contributed by atoms with van der Waals surface area (Å²) in [6, 6.07) is 1.67. The van der Waals surface area contributed by atoms with Gasteiger partial charge in [-0.25, -0.2) is 13.1 Å². The van der Waals surface area contributed by atoms with Crippen LogP contribution in [0.3, 0.4) is 0 Å². The van der Waals surface area contributed by atoms with Gasteiger partial charge in [0.2, 0.25) is 10.0 Å². The van der Waals surface area contributed by atoms with Crippen molar-refractivity contribution in [1.82, 2.24) is 10.0 Å². The molecule has 2 unspecified atom stereocenters. The van der Waals surface area contributed by atoms with Crippen LogP contribution in [0.1, 0.15) is 45.3 Å². The predicted molar refractivity (Wildman–Crippen MR) is 85.5 cm³/mol. The number of nitrogens with one attached hydrogen (secondary N) is 2. The SMILES string of the molecule is CCCNCc1cc(S(=O)(=O)NC2CC2CCC)c(Br)o1. The molecular formula is C14H23BrN2O3S. The van der Waals surface area contributed by atoms with Crippen LogP contribution in [0.25, 0.3) is 0 Å². The molecule has 0 radical (unpaired) electrons. The summed E-state index contributed by atoms with van der Waals surface area (Å²) in [5.41, 5.74) is 0. The third-order valence-electron chi connectivity index (χ3n) is 3.61. The summed E-state index contributed by atoms with van der Waals surface area (Å²) in [4.78, 5) is 0.193. The molecule has 0 spiro atoms. The molecule has 1 aromatic rings. The van der Waals surface area contributed by atoms with Crippen molar-refractivity contribution in [3.8, 4) is 0 Å². The molecule has 0 aliphatic heterocycles. The quantitative estimate of drug-likeness (QED) is 0.647. The number of hydrogen-bond acceptors (Lipinski definition) is 4. The zero-order chi connectivity index (χ0) is 15.5. The standard InChI is InChI=1S/C14H23BrN2O3S/c1-3-5-10-7-12(10)17-21(18,19)13-8-11(20-14(13)15)9-16-6-4-2/h8,10,12,16-17H,3-7,9H2,1-2H3. The van der Waals surface area contributed by atoms with Gasteiger partial charge in [0.25, 0.3) is 0 Å². The summed E-state index contributed by atoms with van der Waals surface area (Å²) >= 11 is 3.20. The van der Waals surface area contributed by atoms with Crippen LogP contribution in [0, 0.1) is 5.92 Å². The van der Waals surface area contributed by atoms with Crippen LogP contribution in [0.4, 0.5) is 0 Å². The van der Waals surface area contributed by atoms with Gasteiger partial charge in [0.05, 0.1) is 6.54 Å². The van der Waals surface area contributed by atoms with E-state index in [1.165, 1.54) is 0 Å². The van der Waals surface area contributed by atoms with Gasteiger partial charge in [0.1, 0.15) is 10.7 Å². The first-order valence-corrected chi connectivity index (χ1v) is 9.76. The number of furan rings is 1. The van der Waals surface area contributed by atoms with Crippen LogP contribution in [-0.2, 0) is 16.6 Å². The lowest BCUT2D eigenvalue weighted by atomic mass is 10.2. The van der Waals surface area contributed by atoms with Gasteiger partial charge in [0.15, 0.2) is 4.67 Å². The van der Waals surface area contributed by atoms with E-state index in [4.69, 9.17) is 4.42 Å². The van der Waals surface area contributed by atoms with Crippen LogP contribution in [0.2, 0.25) is 0 Å². The molecule has 1 saturated carbocycles. The van der Waals surface area contributed by atoms with Crippen molar-refractivity contribution in [3.63, 3.8) is 0 Å². The third-order valence-corrected chi connectivity index (χ3v) is 5.96. The largest absolute Gasteiger partial charge is 0.452 e. The Morgan fingerprint density at radius 2 is 2.14 bits per heavy atom. The smallest absolute Gasteiger partial charge is 0.245 e. The highest BCUT2D eigenvalue weighted by Gasteiger charge is 2.40. The van der Waals surface area contributed by atoms with Gasteiger partial charge >= 0.3 is 0 Å². The van der Waals surface area contributed by atoms with Crippen molar-refractivity contribution in [3.05, 3.63) is 16.5 Å². The van der Waals surface area contributed by atoms with E-state index in [2.05, 4.69) is 39.8 Å². The topological polar surface area (TPSA) is 71.3 Å². The van der Waals surface area contributed by atoms with E-state index in [9.17, 15) is 8.42 Å². The molecule has 2 rings (SSSR count). The summed E-state index contributed by atoms with van der Waals surface area (Å²) in [7, 11) is -3.51. The van der Waals surface area contributed by atoms with E-state index in [1.54, 1.807) is 6.07 Å². The maximum Gasteiger partial charge on any atom is 0.245 e. The minimum atomic E-state index is -3.51. The lowest BCUT2D eigenvalue weighted by Crippen LogP contribution is -2.27. The minimum absolute atomic E-state index is 0.0819.